The van der Waals surface area contributed by atoms with Gasteiger partial charge in [0.2, 0.25) is 11.8 Å². The number of hydrogen-bond acceptors (Lipinski definition) is 14. The highest BCUT2D eigenvalue weighted by atomic mass is 19.3. The molecule has 4 aromatic heterocycles. The van der Waals surface area contributed by atoms with Gasteiger partial charge in [-0.15, -0.1) is 0 Å². The van der Waals surface area contributed by atoms with Crippen molar-refractivity contribution >= 4 is 34.8 Å². The van der Waals surface area contributed by atoms with Crippen molar-refractivity contribution in [3.63, 3.8) is 0 Å². The van der Waals surface area contributed by atoms with Gasteiger partial charge < -0.3 is 38.9 Å². The van der Waals surface area contributed by atoms with Crippen LogP contribution in [0.25, 0.3) is 0 Å². The lowest BCUT2D eigenvalue weighted by Crippen LogP contribution is -2.69. The number of anilines is 4. The maximum absolute atomic E-state index is 14.5. The number of piperazine rings is 2. The van der Waals surface area contributed by atoms with Gasteiger partial charge in [-0.3, -0.25) is 28.8 Å². The molecule has 81 heavy (non-hydrogen) atoms. The Morgan fingerprint density at radius 1 is 0.654 bits per heavy atom. The van der Waals surface area contributed by atoms with Gasteiger partial charge in [-0.2, -0.15) is 10.2 Å². The number of aromatic nitrogens is 6. The summed E-state index contributed by atoms with van der Waals surface area (Å²) in [5.74, 6) is 1.19. The summed E-state index contributed by atoms with van der Waals surface area (Å²) in [6.45, 7) is 24.8. The van der Waals surface area contributed by atoms with Crippen LogP contribution in [0.3, 0.4) is 0 Å². The molecule has 10 aliphatic heterocycles. The van der Waals surface area contributed by atoms with Crippen LogP contribution in [0.1, 0.15) is 103 Å². The van der Waals surface area contributed by atoms with Crippen molar-refractivity contribution in [3.05, 3.63) is 94.9 Å². The molecule has 3 spiro atoms. The molecule has 5 unspecified atom stereocenters. The molecule has 22 heteroatoms. The Labute approximate surface area is 470 Å². The van der Waals surface area contributed by atoms with Crippen LogP contribution in [0.2, 0.25) is 0 Å². The number of amides is 2. The molecule has 0 aromatic carbocycles. The fourth-order valence-electron chi connectivity index (χ4n) is 15.8. The van der Waals surface area contributed by atoms with E-state index < -0.39 is 24.1 Å². The highest BCUT2D eigenvalue weighted by Crippen LogP contribution is 2.54. The Bertz CT molecular complexity index is 3150. The highest BCUT2D eigenvalue weighted by molar-refractivity contribution is 5.87. The third kappa shape index (κ3) is 8.59. The van der Waals surface area contributed by atoms with Crippen molar-refractivity contribution in [1.29, 1.82) is 0 Å². The summed E-state index contributed by atoms with van der Waals surface area (Å²) in [5, 5.41) is 9.25. The average Bonchev–Trinajstić information content (AvgIpc) is 3.13. The second-order valence-electron chi connectivity index (χ2n) is 24.9. The van der Waals surface area contributed by atoms with E-state index in [1.54, 1.807) is 0 Å². The first-order chi connectivity index (χ1) is 39.1. The van der Waals surface area contributed by atoms with Crippen LogP contribution in [0.5, 0.6) is 0 Å². The Kier molecular flexibility index (Phi) is 12.9. The van der Waals surface area contributed by atoms with Gasteiger partial charge in [-0.25, -0.2) is 27.5 Å². The first kappa shape index (κ1) is 52.9. The molecule has 2 amide bonds. The van der Waals surface area contributed by atoms with E-state index in [-0.39, 0.29) is 46.9 Å². The number of fused-ring (bicyclic) bond motifs is 11. The van der Waals surface area contributed by atoms with Gasteiger partial charge >= 0.3 is 0 Å². The molecule has 7 fully saturated rings. The zero-order valence-electron chi connectivity index (χ0n) is 46.8. The Morgan fingerprint density at radius 2 is 1.14 bits per heavy atom. The van der Waals surface area contributed by atoms with E-state index in [4.69, 9.17) is 14.6 Å². The van der Waals surface area contributed by atoms with E-state index in [0.29, 0.717) is 113 Å². The second-order valence-corrected chi connectivity index (χ2v) is 24.9. The standard InChI is InChI=1S/C30H37F2N7O2.C29H37F2N7O2/c1-3-25(40)36-11-9-35(10-12-36)23-15-38-21(23)6-4-5-20-22(38)13-24(34-26(20)28(31)32)37-16-30(17-37)27-19(2)14-33-39(27)29(7-8-29)18-41-30;1-4-25(39)35-10-8-34(9-11-35)23-15-37-21(23)7-5-6-20-22(37)12-24(33-26(20)28(30)31)36-16-29(17-36)27-18(2)13-32-38(27)14-19(3)40-29/h3,13-14,21,23,28H,1,4-12,15-18H2,2H3;4,12-13,19,21,23,28H,1,5-11,14-17H2,2-3H3. The highest BCUT2D eigenvalue weighted by Gasteiger charge is 2.60. The fourth-order valence-corrected chi connectivity index (χ4v) is 15.8. The summed E-state index contributed by atoms with van der Waals surface area (Å²) in [7, 11) is 0. The van der Waals surface area contributed by atoms with Crippen LogP contribution < -0.4 is 19.6 Å². The third-order valence-electron chi connectivity index (χ3n) is 20.1. The number of hydrogen-bond donors (Lipinski definition) is 0. The molecular formula is C59H74F4N14O4. The summed E-state index contributed by atoms with van der Waals surface area (Å²) < 4.78 is 75.0. The van der Waals surface area contributed by atoms with Crippen LogP contribution in [0.4, 0.5) is 40.6 Å². The molecule has 0 radical (unpaired) electrons. The van der Waals surface area contributed by atoms with Crippen molar-refractivity contribution in [2.45, 2.75) is 139 Å². The SMILES string of the molecule is C=CC(=O)N1CCN(C2CN3c4cc(N5CC6(C5)OC(C)Cn5ncc(C)c56)nc(C(F)F)c4CCCC23)CC1.C=CC(=O)N1CCN(C2CN3c4cc(N5CC6(C5)OCC5(CC5)n5ncc(C)c56)nc(C(F)F)c4CCCC23)CC1. The first-order valence-electron chi connectivity index (χ1n) is 29.5. The molecule has 1 aliphatic carbocycles. The number of alkyl halides is 4. The molecule has 0 N–H and O–H groups in total. The van der Waals surface area contributed by atoms with Crippen molar-refractivity contribution in [2.75, 3.05) is 118 Å². The Morgan fingerprint density at radius 3 is 1.62 bits per heavy atom. The maximum Gasteiger partial charge on any atom is 0.280 e. The predicted octanol–water partition coefficient (Wildman–Crippen LogP) is 5.86. The van der Waals surface area contributed by atoms with E-state index in [9.17, 15) is 27.2 Å². The third-order valence-corrected chi connectivity index (χ3v) is 20.1. The van der Waals surface area contributed by atoms with E-state index in [1.165, 1.54) is 12.2 Å². The monoisotopic (exact) mass is 1120 g/mol. The van der Waals surface area contributed by atoms with Gasteiger partial charge in [0.1, 0.15) is 34.2 Å². The summed E-state index contributed by atoms with van der Waals surface area (Å²) in [6, 6.07) is 5.40. The Balaban J connectivity index is 0.000000146. The van der Waals surface area contributed by atoms with Gasteiger partial charge in [-0.1, -0.05) is 13.2 Å². The zero-order valence-corrected chi connectivity index (χ0v) is 46.8. The number of rotatable bonds is 8. The number of carbonyl (C=O) groups excluding carboxylic acids is 2. The second kappa shape index (κ2) is 19.8. The lowest BCUT2D eigenvalue weighted by atomic mass is 9.85. The summed E-state index contributed by atoms with van der Waals surface area (Å²) in [5.41, 5.74) is 6.62. The van der Waals surface area contributed by atoms with Gasteiger partial charge in [0.05, 0.1) is 74.8 Å². The quantitative estimate of drug-likeness (QED) is 0.154. The minimum absolute atomic E-state index is 0.0112. The minimum Gasteiger partial charge on any atom is -0.365 e. The lowest BCUT2D eigenvalue weighted by Gasteiger charge is -2.56. The maximum atomic E-state index is 14.5. The molecule has 0 bridgehead atoms. The van der Waals surface area contributed by atoms with Crippen molar-refractivity contribution in [2.24, 2.45) is 0 Å². The number of ether oxygens (including phenoxy) is 2. The lowest BCUT2D eigenvalue weighted by molar-refractivity contribution is -0.139. The Hall–Kier alpha value is -6.10. The van der Waals surface area contributed by atoms with Crippen LogP contribution in [0.15, 0.2) is 49.8 Å². The molecule has 432 valence electrons. The molecule has 4 aromatic rings. The molecule has 1 saturated carbocycles. The summed E-state index contributed by atoms with van der Waals surface area (Å²) in [6.07, 6.45) is 8.45. The number of carbonyl (C=O) groups is 2. The summed E-state index contributed by atoms with van der Waals surface area (Å²) in [4.78, 5) is 50.7. The van der Waals surface area contributed by atoms with Crippen molar-refractivity contribution in [1.82, 2.24) is 49.1 Å². The summed E-state index contributed by atoms with van der Waals surface area (Å²) >= 11 is 0. The van der Waals surface area contributed by atoms with Gasteiger partial charge in [0.15, 0.2) is 0 Å². The topological polar surface area (TPSA) is 140 Å². The van der Waals surface area contributed by atoms with Crippen LogP contribution in [-0.2, 0) is 55.2 Å². The van der Waals surface area contributed by atoms with E-state index in [0.717, 1.165) is 112 Å². The number of halogens is 4. The van der Waals surface area contributed by atoms with Gasteiger partial charge in [-0.05, 0) is 95.4 Å². The molecule has 5 atom stereocenters. The number of pyridine rings is 2. The molecule has 18 nitrogen and oxygen atoms in total. The average molecular weight is 1120 g/mol. The number of aryl methyl sites for hydroxylation is 2. The van der Waals surface area contributed by atoms with E-state index in [2.05, 4.69) is 89.1 Å². The van der Waals surface area contributed by atoms with Crippen LogP contribution in [-0.4, -0.2) is 189 Å². The minimum atomic E-state index is -2.62. The molecular weight excluding hydrogens is 1040 g/mol. The van der Waals surface area contributed by atoms with Gasteiger partial charge in [0.25, 0.3) is 12.9 Å². The van der Waals surface area contributed by atoms with Crippen LogP contribution in [0, 0.1) is 13.8 Å². The molecule has 11 aliphatic rings. The van der Waals surface area contributed by atoms with Crippen molar-refractivity contribution < 1.29 is 36.6 Å². The molecule has 6 saturated heterocycles. The van der Waals surface area contributed by atoms with E-state index >= 15 is 0 Å². The largest absolute Gasteiger partial charge is 0.365 e. The van der Waals surface area contributed by atoms with Gasteiger partial charge in [0, 0.05) is 124 Å². The molecule has 14 heterocycles. The van der Waals surface area contributed by atoms with Crippen LogP contribution >= 0.6 is 0 Å². The normalized spacial score (nSPS) is 27.5. The first-order valence-corrected chi connectivity index (χ1v) is 29.5. The number of nitrogens with zero attached hydrogens (tertiary/aromatic N) is 14. The smallest absolute Gasteiger partial charge is 0.280 e. The van der Waals surface area contributed by atoms with E-state index in [1.807, 2.05) is 32.9 Å². The zero-order chi connectivity index (χ0) is 55.9. The fraction of sp³-hybridized carbons (Fsp3) is 0.627. The van der Waals surface area contributed by atoms with Crippen molar-refractivity contribution in [3.8, 4) is 0 Å². The molecule has 15 rings (SSSR count). The predicted molar refractivity (Wildman–Crippen MR) is 296 cm³/mol.